The zero-order valence-electron chi connectivity index (χ0n) is 13.0. The summed E-state index contributed by atoms with van der Waals surface area (Å²) in [5, 5.41) is 0. The molecule has 1 saturated heterocycles. The molecule has 1 atom stereocenters. The van der Waals surface area contributed by atoms with Gasteiger partial charge in [-0.1, -0.05) is 0 Å². The first-order chi connectivity index (χ1) is 11.6. The lowest BCUT2D eigenvalue weighted by Gasteiger charge is -2.37. The van der Waals surface area contributed by atoms with Gasteiger partial charge in [-0.25, -0.2) is 0 Å². The molecule has 0 spiro atoms. The molecule has 156 valence electrons. The highest BCUT2D eigenvalue weighted by atomic mass is 19.4. The van der Waals surface area contributed by atoms with Gasteiger partial charge in [0.15, 0.2) is 0 Å². The Hall–Kier alpha value is -0.850. The lowest BCUT2D eigenvalue weighted by molar-refractivity contribution is -0.422. The first-order valence-corrected chi connectivity index (χ1v) is 7.35. The smallest absolute Gasteiger partial charge is 0.379 e. The average Bonchev–Trinajstić information content (AvgIpc) is 2.51. The summed E-state index contributed by atoms with van der Waals surface area (Å²) < 4.78 is 150. The molecule has 1 aliphatic rings. The predicted octanol–water partition coefficient (Wildman–Crippen LogP) is 5.07. The molecule has 1 heterocycles. The molecule has 0 aliphatic carbocycles. The third-order valence-electron chi connectivity index (χ3n) is 3.74. The summed E-state index contributed by atoms with van der Waals surface area (Å²) in [5.41, 5.74) is 0. The van der Waals surface area contributed by atoms with Crippen molar-refractivity contribution in [2.75, 3.05) is 19.8 Å². The molecular weight excluding hydrogens is 397 g/mol. The molecule has 1 fully saturated rings. The number of alkyl halides is 11. The Morgan fingerprint density at radius 2 is 1.35 bits per heavy atom. The number of hydrogen-bond acceptors (Lipinski definition) is 2. The molecule has 0 N–H and O–H groups in total. The zero-order valence-corrected chi connectivity index (χ0v) is 13.0. The molecule has 0 bridgehead atoms. The van der Waals surface area contributed by atoms with Crippen LogP contribution < -0.4 is 0 Å². The number of rotatable bonds is 8. The fourth-order valence-corrected chi connectivity index (χ4v) is 2.12. The molecule has 13 heteroatoms. The third kappa shape index (κ3) is 4.34. The minimum atomic E-state index is -7.37. The van der Waals surface area contributed by atoms with Crippen LogP contribution in [-0.4, -0.2) is 55.8 Å². The van der Waals surface area contributed by atoms with Gasteiger partial charge in [0.1, 0.15) is 0 Å². The van der Waals surface area contributed by atoms with Crippen LogP contribution in [0, 0.1) is 0 Å². The highest BCUT2D eigenvalue weighted by Crippen LogP contribution is 2.57. The fourth-order valence-electron chi connectivity index (χ4n) is 2.12. The van der Waals surface area contributed by atoms with Crippen LogP contribution in [-0.2, 0) is 9.47 Å². The van der Waals surface area contributed by atoms with E-state index in [9.17, 15) is 48.3 Å². The summed E-state index contributed by atoms with van der Waals surface area (Å²) in [6, 6.07) is 0. The molecule has 0 amide bonds. The number of hydrogen-bond donors (Lipinski definition) is 0. The minimum absolute atomic E-state index is 0.337. The lowest BCUT2D eigenvalue weighted by Crippen LogP contribution is -2.66. The normalized spacial score (nSPS) is 21.1. The van der Waals surface area contributed by atoms with Crippen molar-refractivity contribution in [2.24, 2.45) is 0 Å². The van der Waals surface area contributed by atoms with E-state index in [1.807, 2.05) is 0 Å². The summed E-state index contributed by atoms with van der Waals surface area (Å²) in [4.78, 5) is 0. The van der Waals surface area contributed by atoms with E-state index in [0.717, 1.165) is 12.8 Å². The van der Waals surface area contributed by atoms with Crippen molar-refractivity contribution in [1.82, 2.24) is 0 Å². The zero-order chi connectivity index (χ0) is 20.4. The van der Waals surface area contributed by atoms with Crippen molar-refractivity contribution in [2.45, 2.75) is 61.7 Å². The molecular formula is C13H15F11O2. The van der Waals surface area contributed by atoms with E-state index in [4.69, 9.17) is 4.74 Å². The van der Waals surface area contributed by atoms with Gasteiger partial charge in [-0.15, -0.1) is 0 Å². The van der Waals surface area contributed by atoms with E-state index in [1.54, 1.807) is 0 Å². The second-order valence-electron chi connectivity index (χ2n) is 5.74. The largest absolute Gasteiger partial charge is 0.460 e. The van der Waals surface area contributed by atoms with Gasteiger partial charge in [0.25, 0.3) is 0 Å². The van der Waals surface area contributed by atoms with Gasteiger partial charge in [0, 0.05) is 13.0 Å². The van der Waals surface area contributed by atoms with Gasteiger partial charge >= 0.3 is 29.9 Å². The standard InChI is InChI=1S/C13H15F11O2/c14-9(15,4-6-25-7-8-3-1-2-5-26-8)10(16,17)11(18,19)12(20,21)13(22,23)24/h8H,1-7H2. The SMILES string of the molecule is FC(F)(F)C(F)(F)C(F)(F)C(F)(F)C(F)(F)CCOCC1CCCCO1. The van der Waals surface area contributed by atoms with E-state index in [1.165, 1.54) is 0 Å². The second kappa shape index (κ2) is 7.64. The van der Waals surface area contributed by atoms with Gasteiger partial charge in [0.2, 0.25) is 0 Å². The minimum Gasteiger partial charge on any atom is -0.379 e. The summed E-state index contributed by atoms with van der Waals surface area (Å²) in [5.74, 6) is -27.6. The molecule has 0 radical (unpaired) electrons. The van der Waals surface area contributed by atoms with E-state index >= 15 is 0 Å². The lowest BCUT2D eigenvalue weighted by atomic mass is 9.96. The predicted molar refractivity (Wildman–Crippen MR) is 64.9 cm³/mol. The molecule has 1 aliphatic heterocycles. The Morgan fingerprint density at radius 1 is 0.769 bits per heavy atom. The van der Waals surface area contributed by atoms with Crippen molar-refractivity contribution in [3.63, 3.8) is 0 Å². The van der Waals surface area contributed by atoms with Crippen molar-refractivity contribution in [1.29, 1.82) is 0 Å². The third-order valence-corrected chi connectivity index (χ3v) is 3.74. The van der Waals surface area contributed by atoms with Crippen molar-refractivity contribution < 1.29 is 57.8 Å². The molecule has 0 aromatic heterocycles. The Balaban J connectivity index is 2.74. The van der Waals surface area contributed by atoms with Crippen molar-refractivity contribution in [3.05, 3.63) is 0 Å². The Kier molecular flexibility index (Phi) is 6.82. The second-order valence-corrected chi connectivity index (χ2v) is 5.74. The summed E-state index contributed by atoms with van der Waals surface area (Å²) in [7, 11) is 0. The first kappa shape index (κ1) is 23.2. The van der Waals surface area contributed by atoms with Crippen molar-refractivity contribution >= 4 is 0 Å². The average molecular weight is 412 g/mol. The Labute approximate surface area is 140 Å². The number of halogens is 11. The molecule has 2 nitrogen and oxygen atoms in total. The Bertz CT molecular complexity index is 455. The van der Waals surface area contributed by atoms with Crippen LogP contribution in [0.5, 0.6) is 0 Å². The van der Waals surface area contributed by atoms with Crippen LogP contribution in [0.1, 0.15) is 25.7 Å². The highest BCUT2D eigenvalue weighted by molar-refractivity contribution is 5.06. The van der Waals surface area contributed by atoms with Gasteiger partial charge in [-0.05, 0) is 19.3 Å². The van der Waals surface area contributed by atoms with Gasteiger partial charge < -0.3 is 9.47 Å². The summed E-state index contributed by atoms with van der Waals surface area (Å²) in [6.45, 7) is -1.26. The van der Waals surface area contributed by atoms with E-state index in [-0.39, 0.29) is 6.61 Å². The summed E-state index contributed by atoms with van der Waals surface area (Å²) >= 11 is 0. The van der Waals surface area contributed by atoms with Crippen LogP contribution in [0.4, 0.5) is 48.3 Å². The maximum Gasteiger partial charge on any atom is 0.460 e. The Morgan fingerprint density at radius 3 is 1.81 bits per heavy atom. The van der Waals surface area contributed by atoms with E-state index < -0.39 is 49.0 Å². The van der Waals surface area contributed by atoms with Crippen LogP contribution in [0.15, 0.2) is 0 Å². The van der Waals surface area contributed by atoms with Crippen LogP contribution in [0.3, 0.4) is 0 Å². The molecule has 26 heavy (non-hydrogen) atoms. The van der Waals surface area contributed by atoms with Gasteiger partial charge in [0.05, 0.1) is 19.3 Å². The van der Waals surface area contributed by atoms with E-state index in [0.29, 0.717) is 13.0 Å². The van der Waals surface area contributed by atoms with Gasteiger partial charge in [-0.3, -0.25) is 0 Å². The highest BCUT2D eigenvalue weighted by Gasteiger charge is 2.86. The molecule has 0 saturated carbocycles. The number of ether oxygens (including phenoxy) is 2. The monoisotopic (exact) mass is 412 g/mol. The van der Waals surface area contributed by atoms with Crippen LogP contribution in [0.25, 0.3) is 0 Å². The van der Waals surface area contributed by atoms with Crippen LogP contribution >= 0.6 is 0 Å². The fraction of sp³-hybridized carbons (Fsp3) is 1.00. The molecule has 1 rings (SSSR count). The van der Waals surface area contributed by atoms with Gasteiger partial charge in [-0.2, -0.15) is 48.3 Å². The first-order valence-electron chi connectivity index (χ1n) is 7.35. The maximum atomic E-state index is 13.3. The quantitative estimate of drug-likeness (QED) is 0.410. The van der Waals surface area contributed by atoms with Crippen LogP contribution in [0.2, 0.25) is 0 Å². The summed E-state index contributed by atoms with van der Waals surface area (Å²) in [6.07, 6.45) is -7.93. The van der Waals surface area contributed by atoms with Crippen molar-refractivity contribution in [3.8, 4) is 0 Å². The molecule has 0 aromatic rings. The topological polar surface area (TPSA) is 18.5 Å². The molecule has 0 aromatic carbocycles. The van der Waals surface area contributed by atoms with E-state index in [2.05, 4.69) is 4.74 Å². The maximum absolute atomic E-state index is 13.3. The molecule has 1 unspecified atom stereocenters.